The summed E-state index contributed by atoms with van der Waals surface area (Å²) in [5.74, 6) is 0. The SMILES string of the molecule is C=CCNCC1(C)CCN(C)CC1. The molecular formula is C11H22N2. The molecule has 76 valence electrons. The first kappa shape index (κ1) is 10.7. The van der Waals surface area contributed by atoms with Crippen LogP contribution in [-0.4, -0.2) is 38.1 Å². The number of piperidine rings is 1. The van der Waals surface area contributed by atoms with Crippen molar-refractivity contribution >= 4 is 0 Å². The fourth-order valence-electron chi connectivity index (χ4n) is 1.81. The second kappa shape index (κ2) is 4.77. The van der Waals surface area contributed by atoms with Gasteiger partial charge in [0.1, 0.15) is 0 Å². The Labute approximate surface area is 82.0 Å². The Hall–Kier alpha value is -0.340. The first-order valence-corrected chi connectivity index (χ1v) is 5.16. The van der Waals surface area contributed by atoms with E-state index < -0.39 is 0 Å². The Kier molecular flexibility index (Phi) is 3.94. The zero-order valence-corrected chi connectivity index (χ0v) is 8.97. The Morgan fingerprint density at radius 2 is 2.08 bits per heavy atom. The lowest BCUT2D eigenvalue weighted by molar-refractivity contribution is 0.138. The smallest absolute Gasteiger partial charge is 0.0132 e. The fourth-order valence-corrected chi connectivity index (χ4v) is 1.81. The third-order valence-electron chi connectivity index (χ3n) is 3.03. The lowest BCUT2D eigenvalue weighted by Gasteiger charge is -2.38. The van der Waals surface area contributed by atoms with Crippen LogP contribution < -0.4 is 5.32 Å². The van der Waals surface area contributed by atoms with Crippen molar-refractivity contribution < 1.29 is 0 Å². The van der Waals surface area contributed by atoms with Gasteiger partial charge in [-0.15, -0.1) is 6.58 Å². The number of hydrogen-bond donors (Lipinski definition) is 1. The number of nitrogens with one attached hydrogen (secondary N) is 1. The van der Waals surface area contributed by atoms with Crippen LogP contribution in [0, 0.1) is 5.41 Å². The minimum Gasteiger partial charge on any atom is -0.313 e. The summed E-state index contributed by atoms with van der Waals surface area (Å²) in [6, 6.07) is 0. The van der Waals surface area contributed by atoms with Crippen molar-refractivity contribution in [1.82, 2.24) is 10.2 Å². The average Bonchev–Trinajstić information content (AvgIpc) is 2.12. The van der Waals surface area contributed by atoms with Gasteiger partial charge in [0.25, 0.3) is 0 Å². The molecule has 1 saturated heterocycles. The maximum Gasteiger partial charge on any atom is 0.0132 e. The molecule has 0 bridgehead atoms. The van der Waals surface area contributed by atoms with E-state index in [0.717, 1.165) is 13.1 Å². The van der Waals surface area contributed by atoms with Gasteiger partial charge in [-0.05, 0) is 38.4 Å². The van der Waals surface area contributed by atoms with Crippen molar-refractivity contribution in [3.63, 3.8) is 0 Å². The van der Waals surface area contributed by atoms with Gasteiger partial charge in [0, 0.05) is 13.1 Å². The number of hydrogen-bond acceptors (Lipinski definition) is 2. The molecule has 13 heavy (non-hydrogen) atoms. The summed E-state index contributed by atoms with van der Waals surface area (Å²) < 4.78 is 0. The highest BCUT2D eigenvalue weighted by atomic mass is 15.1. The second-order valence-electron chi connectivity index (χ2n) is 4.53. The quantitative estimate of drug-likeness (QED) is 0.523. The molecule has 1 aliphatic heterocycles. The first-order valence-electron chi connectivity index (χ1n) is 5.16. The summed E-state index contributed by atoms with van der Waals surface area (Å²) in [5, 5.41) is 3.42. The van der Waals surface area contributed by atoms with Gasteiger partial charge in [0.15, 0.2) is 0 Å². The Morgan fingerprint density at radius 1 is 1.46 bits per heavy atom. The van der Waals surface area contributed by atoms with E-state index in [4.69, 9.17) is 0 Å². The first-order chi connectivity index (χ1) is 6.16. The topological polar surface area (TPSA) is 15.3 Å². The molecule has 2 heteroatoms. The van der Waals surface area contributed by atoms with Crippen molar-refractivity contribution in [2.24, 2.45) is 5.41 Å². The van der Waals surface area contributed by atoms with E-state index in [1.807, 2.05) is 6.08 Å². The van der Waals surface area contributed by atoms with E-state index in [1.54, 1.807) is 0 Å². The van der Waals surface area contributed by atoms with Gasteiger partial charge in [-0.1, -0.05) is 13.0 Å². The maximum absolute atomic E-state index is 3.71. The van der Waals surface area contributed by atoms with E-state index in [1.165, 1.54) is 25.9 Å². The molecule has 1 rings (SSSR count). The van der Waals surface area contributed by atoms with Gasteiger partial charge in [-0.3, -0.25) is 0 Å². The van der Waals surface area contributed by atoms with Gasteiger partial charge in [-0.2, -0.15) is 0 Å². The van der Waals surface area contributed by atoms with Crippen LogP contribution >= 0.6 is 0 Å². The molecule has 0 aromatic heterocycles. The summed E-state index contributed by atoms with van der Waals surface area (Å²) in [4.78, 5) is 2.41. The van der Waals surface area contributed by atoms with Crippen molar-refractivity contribution in [2.75, 3.05) is 33.2 Å². The Balaban J connectivity index is 2.25. The van der Waals surface area contributed by atoms with Crippen LogP contribution in [0.15, 0.2) is 12.7 Å². The van der Waals surface area contributed by atoms with E-state index in [-0.39, 0.29) is 0 Å². The number of likely N-dealkylation sites (tertiary alicyclic amines) is 1. The van der Waals surface area contributed by atoms with Crippen molar-refractivity contribution in [3.8, 4) is 0 Å². The lowest BCUT2D eigenvalue weighted by atomic mass is 9.80. The molecule has 1 aliphatic rings. The zero-order valence-electron chi connectivity index (χ0n) is 8.97. The van der Waals surface area contributed by atoms with E-state index in [0.29, 0.717) is 5.41 Å². The molecule has 0 amide bonds. The second-order valence-corrected chi connectivity index (χ2v) is 4.53. The van der Waals surface area contributed by atoms with Gasteiger partial charge in [0.2, 0.25) is 0 Å². The van der Waals surface area contributed by atoms with E-state index >= 15 is 0 Å². The van der Waals surface area contributed by atoms with Gasteiger partial charge in [-0.25, -0.2) is 0 Å². The van der Waals surface area contributed by atoms with E-state index in [2.05, 4.69) is 30.8 Å². The molecular weight excluding hydrogens is 160 g/mol. The predicted octanol–water partition coefficient (Wildman–Crippen LogP) is 1.49. The third kappa shape index (κ3) is 3.49. The van der Waals surface area contributed by atoms with Crippen LogP contribution in [0.5, 0.6) is 0 Å². The number of nitrogens with zero attached hydrogens (tertiary/aromatic N) is 1. The summed E-state index contributed by atoms with van der Waals surface area (Å²) in [7, 11) is 2.21. The summed E-state index contributed by atoms with van der Waals surface area (Å²) in [6.07, 6.45) is 4.56. The average molecular weight is 182 g/mol. The standard InChI is InChI=1S/C11H22N2/c1-4-7-12-10-11(2)5-8-13(3)9-6-11/h4,12H,1,5-10H2,2-3H3. The monoisotopic (exact) mass is 182 g/mol. The van der Waals surface area contributed by atoms with Crippen molar-refractivity contribution in [1.29, 1.82) is 0 Å². The van der Waals surface area contributed by atoms with Gasteiger partial charge in [0.05, 0.1) is 0 Å². The Morgan fingerprint density at radius 3 is 2.62 bits per heavy atom. The molecule has 0 aliphatic carbocycles. The molecule has 1 heterocycles. The third-order valence-corrected chi connectivity index (χ3v) is 3.03. The predicted molar refractivity (Wildman–Crippen MR) is 57.9 cm³/mol. The molecule has 0 aromatic carbocycles. The molecule has 0 spiro atoms. The molecule has 1 N–H and O–H groups in total. The minimum absolute atomic E-state index is 0.509. The molecule has 0 saturated carbocycles. The Bertz CT molecular complexity index is 157. The van der Waals surface area contributed by atoms with Crippen LogP contribution in [0.1, 0.15) is 19.8 Å². The zero-order chi connectivity index (χ0) is 9.73. The minimum atomic E-state index is 0.509. The van der Waals surface area contributed by atoms with Gasteiger partial charge >= 0.3 is 0 Å². The van der Waals surface area contributed by atoms with Gasteiger partial charge < -0.3 is 10.2 Å². The molecule has 0 radical (unpaired) electrons. The largest absolute Gasteiger partial charge is 0.313 e. The highest BCUT2D eigenvalue weighted by Gasteiger charge is 2.27. The highest BCUT2D eigenvalue weighted by Crippen LogP contribution is 2.29. The van der Waals surface area contributed by atoms with Crippen LogP contribution in [0.2, 0.25) is 0 Å². The molecule has 0 atom stereocenters. The highest BCUT2D eigenvalue weighted by molar-refractivity contribution is 4.84. The normalized spacial score (nSPS) is 22.9. The van der Waals surface area contributed by atoms with Crippen LogP contribution in [0.4, 0.5) is 0 Å². The van der Waals surface area contributed by atoms with Crippen molar-refractivity contribution in [3.05, 3.63) is 12.7 Å². The molecule has 0 unspecified atom stereocenters. The fraction of sp³-hybridized carbons (Fsp3) is 0.818. The maximum atomic E-state index is 3.71. The van der Waals surface area contributed by atoms with Crippen LogP contribution in [0.25, 0.3) is 0 Å². The number of rotatable bonds is 4. The lowest BCUT2D eigenvalue weighted by Crippen LogP contribution is -2.42. The van der Waals surface area contributed by atoms with Crippen LogP contribution in [-0.2, 0) is 0 Å². The van der Waals surface area contributed by atoms with Crippen LogP contribution in [0.3, 0.4) is 0 Å². The molecule has 2 nitrogen and oxygen atoms in total. The molecule has 1 fully saturated rings. The van der Waals surface area contributed by atoms with E-state index in [9.17, 15) is 0 Å². The summed E-state index contributed by atoms with van der Waals surface area (Å²) in [5.41, 5.74) is 0.509. The summed E-state index contributed by atoms with van der Waals surface area (Å²) >= 11 is 0. The molecule has 0 aromatic rings. The summed E-state index contributed by atoms with van der Waals surface area (Å²) in [6.45, 7) is 10.6. The van der Waals surface area contributed by atoms with Crippen molar-refractivity contribution in [2.45, 2.75) is 19.8 Å².